The second-order valence-electron chi connectivity index (χ2n) is 3.37. The van der Waals surface area contributed by atoms with E-state index in [1.807, 2.05) is 35.0 Å². The third kappa shape index (κ3) is 6.57. The molecule has 0 aliphatic rings. The monoisotopic (exact) mass is 298 g/mol. The van der Waals surface area contributed by atoms with Crippen LogP contribution >= 0.6 is 11.3 Å². The predicted molar refractivity (Wildman–Crippen MR) is 71.7 cm³/mol. The summed E-state index contributed by atoms with van der Waals surface area (Å²) in [6, 6.07) is 9.18. The quantitative estimate of drug-likeness (QED) is 0.293. The van der Waals surface area contributed by atoms with Crippen LogP contribution in [0.4, 0.5) is 23.0 Å². The van der Waals surface area contributed by atoms with E-state index in [-0.39, 0.29) is 0 Å². The van der Waals surface area contributed by atoms with Crippen molar-refractivity contribution in [3.63, 3.8) is 0 Å². The number of halogens is 4. The van der Waals surface area contributed by atoms with Crippen LogP contribution in [0, 0.1) is 17.2 Å². The summed E-state index contributed by atoms with van der Waals surface area (Å²) in [6.07, 6.45) is 0. The van der Waals surface area contributed by atoms with Gasteiger partial charge in [0.15, 0.2) is 4.98 Å². The van der Waals surface area contributed by atoms with E-state index in [4.69, 9.17) is 5.39 Å². The van der Waals surface area contributed by atoms with Gasteiger partial charge in [0, 0.05) is 17.0 Å². The van der Waals surface area contributed by atoms with Crippen molar-refractivity contribution in [1.82, 2.24) is 0 Å². The van der Waals surface area contributed by atoms with Crippen LogP contribution in [-0.4, -0.2) is 7.25 Å². The second-order valence-corrected chi connectivity index (χ2v) is 4.15. The average molecular weight is 298 g/mol. The molecule has 102 valence electrons. The first-order valence-electron chi connectivity index (χ1n) is 5.26. The predicted octanol–water partition coefficient (Wildman–Crippen LogP) is 4.93. The van der Waals surface area contributed by atoms with Crippen LogP contribution < -0.4 is 0 Å². The molecule has 0 aliphatic heterocycles. The molecular formula is C12H7BF4N2S. The summed E-state index contributed by atoms with van der Waals surface area (Å²) in [7, 11) is -6.00. The summed E-state index contributed by atoms with van der Waals surface area (Å²) in [5.41, 5.74) is 2.21. The number of hydrogen-bond donors (Lipinski definition) is 0. The number of nitrogens with zero attached hydrogens (tertiary/aromatic N) is 2. The molecule has 1 heterocycles. The molecule has 1 aromatic heterocycles. The molecule has 8 heteroatoms. The molecule has 2 aromatic rings. The Labute approximate surface area is 116 Å². The van der Waals surface area contributed by atoms with Gasteiger partial charge in [-0.3, -0.25) is 0 Å². The normalized spacial score (nSPS) is 9.55. The van der Waals surface area contributed by atoms with E-state index >= 15 is 0 Å². The van der Waals surface area contributed by atoms with Crippen LogP contribution in [0.3, 0.4) is 0 Å². The Bertz CT molecular complexity index is 645. The highest BCUT2D eigenvalue weighted by atomic mass is 32.1. The van der Waals surface area contributed by atoms with Crippen LogP contribution in [0.1, 0.15) is 11.1 Å². The minimum atomic E-state index is -6.00. The Balaban J connectivity index is 0.000000347. The third-order valence-corrected chi connectivity index (χ3v) is 2.56. The van der Waals surface area contributed by atoms with Crippen LogP contribution in [0.15, 0.2) is 41.1 Å². The molecule has 2 rings (SSSR count). The van der Waals surface area contributed by atoms with Gasteiger partial charge in [0.05, 0.1) is 0 Å². The lowest BCUT2D eigenvalue weighted by Crippen LogP contribution is -2.02. The van der Waals surface area contributed by atoms with Gasteiger partial charge in [0.2, 0.25) is 5.39 Å². The Morgan fingerprint density at radius 3 is 2.25 bits per heavy atom. The van der Waals surface area contributed by atoms with E-state index in [2.05, 4.69) is 16.8 Å². The highest BCUT2D eigenvalue weighted by Gasteiger charge is 2.20. The molecule has 0 aliphatic carbocycles. The Hall–Kier alpha value is -2.32. The minimum Gasteiger partial charge on any atom is -0.418 e. The molecule has 1 aromatic carbocycles. The molecule has 0 saturated heterocycles. The van der Waals surface area contributed by atoms with Gasteiger partial charge in [-0.25, -0.2) is 0 Å². The van der Waals surface area contributed by atoms with Crippen LogP contribution in [-0.2, 0) is 0 Å². The van der Waals surface area contributed by atoms with Gasteiger partial charge >= 0.3 is 12.9 Å². The Morgan fingerprint density at radius 2 is 1.70 bits per heavy atom. The maximum absolute atomic E-state index is 9.75. The SMILES string of the molecule is F[B-](F)(F)F.N#[N+]c1ccccc1C#Cc1ccsc1. The molecular weight excluding hydrogens is 291 g/mol. The van der Waals surface area contributed by atoms with Crippen molar-refractivity contribution in [2.24, 2.45) is 0 Å². The molecule has 20 heavy (non-hydrogen) atoms. The fraction of sp³-hybridized carbons (Fsp3) is 0. The largest absolute Gasteiger partial charge is 0.673 e. The van der Waals surface area contributed by atoms with Crippen LogP contribution in [0.2, 0.25) is 0 Å². The number of hydrogen-bond acceptors (Lipinski definition) is 2. The van der Waals surface area contributed by atoms with E-state index in [0.717, 1.165) is 11.1 Å². The number of diazo groups is 1. The van der Waals surface area contributed by atoms with Gasteiger partial charge < -0.3 is 17.3 Å². The van der Waals surface area contributed by atoms with Crippen molar-refractivity contribution in [1.29, 1.82) is 5.39 Å². The van der Waals surface area contributed by atoms with E-state index in [9.17, 15) is 17.3 Å². The van der Waals surface area contributed by atoms with Crippen molar-refractivity contribution in [3.05, 3.63) is 57.2 Å². The minimum absolute atomic E-state index is 0.500. The summed E-state index contributed by atoms with van der Waals surface area (Å²) < 4.78 is 39.0. The molecule has 0 amide bonds. The summed E-state index contributed by atoms with van der Waals surface area (Å²) in [4.78, 5) is 3.17. The smallest absolute Gasteiger partial charge is 0.418 e. The van der Waals surface area contributed by atoms with E-state index in [0.29, 0.717) is 5.69 Å². The number of benzene rings is 1. The average Bonchev–Trinajstić information content (AvgIpc) is 2.88. The van der Waals surface area contributed by atoms with E-state index in [1.165, 1.54) is 0 Å². The molecule has 0 atom stereocenters. The molecule has 0 fully saturated rings. The molecule has 0 spiro atoms. The highest BCUT2D eigenvalue weighted by Crippen LogP contribution is 2.17. The van der Waals surface area contributed by atoms with E-state index in [1.54, 1.807) is 17.4 Å². The molecule has 0 saturated carbocycles. The zero-order valence-corrected chi connectivity index (χ0v) is 10.7. The fourth-order valence-corrected chi connectivity index (χ4v) is 1.73. The van der Waals surface area contributed by atoms with Crippen molar-refractivity contribution >= 4 is 24.3 Å². The van der Waals surface area contributed by atoms with Crippen molar-refractivity contribution in [3.8, 4) is 11.8 Å². The zero-order chi connectivity index (χ0) is 15.0. The van der Waals surface area contributed by atoms with Crippen molar-refractivity contribution in [2.75, 3.05) is 0 Å². The lowest BCUT2D eigenvalue weighted by atomic mass is 10.2. The molecule has 0 unspecified atom stereocenters. The lowest BCUT2D eigenvalue weighted by Gasteiger charge is -1.94. The number of thiophene rings is 1. The Morgan fingerprint density at radius 1 is 1.05 bits per heavy atom. The molecule has 0 bridgehead atoms. The van der Waals surface area contributed by atoms with Gasteiger partial charge in [-0.05, 0) is 17.5 Å². The summed E-state index contributed by atoms with van der Waals surface area (Å²) >= 11 is 1.61. The molecule has 0 N–H and O–H groups in total. The van der Waals surface area contributed by atoms with Crippen LogP contribution in [0.5, 0.6) is 0 Å². The maximum atomic E-state index is 9.75. The van der Waals surface area contributed by atoms with Gasteiger partial charge in [-0.2, -0.15) is 11.3 Å². The summed E-state index contributed by atoms with van der Waals surface area (Å²) in [5, 5.41) is 12.7. The lowest BCUT2D eigenvalue weighted by molar-refractivity contribution is 0.368. The van der Waals surface area contributed by atoms with Crippen molar-refractivity contribution < 1.29 is 17.3 Å². The standard InChI is InChI=1S/C12H7N2S.BF4/c13-14-12-4-2-1-3-11(12)6-5-10-7-8-15-9-10;2-1(3,4)5/h1-4,7-9H;/q+1;-1. The van der Waals surface area contributed by atoms with Gasteiger partial charge in [-0.1, -0.05) is 24.0 Å². The fourth-order valence-electron chi connectivity index (χ4n) is 1.14. The molecule has 2 nitrogen and oxygen atoms in total. The maximum Gasteiger partial charge on any atom is 0.673 e. The first-order chi connectivity index (χ1) is 9.40. The van der Waals surface area contributed by atoms with Crippen LogP contribution in [0.25, 0.3) is 4.98 Å². The first kappa shape index (κ1) is 15.7. The molecule has 0 radical (unpaired) electrons. The van der Waals surface area contributed by atoms with E-state index < -0.39 is 7.25 Å². The topological polar surface area (TPSA) is 28.1 Å². The summed E-state index contributed by atoms with van der Waals surface area (Å²) in [6.45, 7) is 0. The summed E-state index contributed by atoms with van der Waals surface area (Å²) in [5.74, 6) is 5.97. The zero-order valence-electron chi connectivity index (χ0n) is 9.93. The highest BCUT2D eigenvalue weighted by molar-refractivity contribution is 7.08. The number of rotatable bonds is 0. The van der Waals surface area contributed by atoms with Gasteiger partial charge in [0.1, 0.15) is 5.56 Å². The third-order valence-electron chi connectivity index (χ3n) is 1.87. The second kappa shape index (κ2) is 7.32. The Kier molecular flexibility index (Phi) is 5.76. The van der Waals surface area contributed by atoms with Gasteiger partial charge in [-0.15, -0.1) is 0 Å². The van der Waals surface area contributed by atoms with Crippen molar-refractivity contribution in [2.45, 2.75) is 0 Å². The first-order valence-corrected chi connectivity index (χ1v) is 6.20. The van der Waals surface area contributed by atoms with Gasteiger partial charge in [0.25, 0.3) is 0 Å².